The van der Waals surface area contributed by atoms with Crippen molar-refractivity contribution in [2.75, 3.05) is 26.4 Å². The van der Waals surface area contributed by atoms with Crippen LogP contribution < -0.4 is 10.6 Å². The average Bonchev–Trinajstić information content (AvgIpc) is 3.16. The van der Waals surface area contributed by atoms with Gasteiger partial charge in [0.15, 0.2) is 5.82 Å². The van der Waals surface area contributed by atoms with E-state index in [-0.39, 0.29) is 0 Å². The van der Waals surface area contributed by atoms with Crippen LogP contribution in [-0.2, 0) is 12.3 Å². The first kappa shape index (κ1) is 18.0. The molecule has 0 radical (unpaired) electrons. The molecule has 2 N–H and O–H groups in total. The number of hydrogen-bond acceptors (Lipinski definition) is 8. The maximum absolute atomic E-state index is 10.6. The van der Waals surface area contributed by atoms with E-state index in [0.29, 0.717) is 18.4 Å². The van der Waals surface area contributed by atoms with Crippen molar-refractivity contribution < 1.29 is 4.92 Å². The molecule has 0 spiro atoms. The van der Waals surface area contributed by atoms with Crippen molar-refractivity contribution in [2.45, 2.75) is 31.2 Å². The second-order valence-corrected chi connectivity index (χ2v) is 7.74. The molecule has 0 amide bonds. The van der Waals surface area contributed by atoms with Crippen LogP contribution in [0.15, 0.2) is 17.4 Å². The zero-order valence-electron chi connectivity index (χ0n) is 13.4. The van der Waals surface area contributed by atoms with Crippen LogP contribution >= 0.6 is 23.1 Å². The van der Waals surface area contributed by atoms with Crippen LogP contribution in [0.4, 0.5) is 0 Å². The van der Waals surface area contributed by atoms with Gasteiger partial charge >= 0.3 is 0 Å². The van der Waals surface area contributed by atoms with E-state index in [4.69, 9.17) is 0 Å². The van der Waals surface area contributed by atoms with E-state index in [1.807, 2.05) is 14.1 Å². The van der Waals surface area contributed by atoms with Crippen LogP contribution in [0.25, 0.3) is 0 Å². The third-order valence-corrected chi connectivity index (χ3v) is 4.91. The van der Waals surface area contributed by atoms with Gasteiger partial charge in [-0.25, -0.2) is 4.98 Å². The lowest BCUT2D eigenvalue weighted by Gasteiger charge is -2.10. The molecule has 1 fully saturated rings. The Bertz CT molecular complexity index is 543. The van der Waals surface area contributed by atoms with E-state index in [1.165, 1.54) is 0 Å². The number of rotatable bonds is 11. The number of aromatic nitrogens is 1. The van der Waals surface area contributed by atoms with Gasteiger partial charge in [0, 0.05) is 36.0 Å². The molecule has 1 saturated carbocycles. The van der Waals surface area contributed by atoms with E-state index < -0.39 is 4.92 Å². The maximum Gasteiger partial charge on any atom is 0.274 e. The zero-order valence-corrected chi connectivity index (χ0v) is 15.1. The lowest BCUT2D eigenvalue weighted by molar-refractivity contribution is -0.404. The van der Waals surface area contributed by atoms with E-state index in [2.05, 4.69) is 25.9 Å². The van der Waals surface area contributed by atoms with Gasteiger partial charge in [0.1, 0.15) is 5.01 Å². The van der Waals surface area contributed by atoms with Crippen molar-refractivity contribution in [1.82, 2.24) is 20.5 Å². The second-order valence-electron chi connectivity index (χ2n) is 5.70. The van der Waals surface area contributed by atoms with Crippen LogP contribution in [0.1, 0.15) is 23.5 Å². The van der Waals surface area contributed by atoms with Crippen LogP contribution in [0.3, 0.4) is 0 Å². The number of nitro groups is 1. The van der Waals surface area contributed by atoms with Gasteiger partial charge in [0.2, 0.25) is 0 Å². The number of thioether (sulfide) groups is 1. The molecule has 0 atom stereocenters. The minimum absolute atomic E-state index is 0.395. The second kappa shape index (κ2) is 9.09. The molecule has 1 aromatic rings. The first-order valence-corrected chi connectivity index (χ1v) is 9.58. The summed E-state index contributed by atoms with van der Waals surface area (Å²) in [5.41, 5.74) is 1.11. The standard InChI is InChI=1S/C14H23N5O2S2/c1-18(2)8-14-17-12(10-23-14)9-22-6-5-15-13(7-19(20)21)16-11-3-4-11/h7,10-11,15-16H,3-6,8-9H2,1-2H3. The monoisotopic (exact) mass is 357 g/mol. The number of hydrogen-bond donors (Lipinski definition) is 2. The summed E-state index contributed by atoms with van der Waals surface area (Å²) < 4.78 is 0. The van der Waals surface area contributed by atoms with Crippen molar-refractivity contribution >= 4 is 23.1 Å². The largest absolute Gasteiger partial charge is 0.366 e. The van der Waals surface area contributed by atoms with E-state index >= 15 is 0 Å². The highest BCUT2D eigenvalue weighted by Gasteiger charge is 2.22. The minimum atomic E-state index is -0.424. The summed E-state index contributed by atoms with van der Waals surface area (Å²) in [7, 11) is 4.07. The van der Waals surface area contributed by atoms with Crippen molar-refractivity contribution in [3.63, 3.8) is 0 Å². The first-order chi connectivity index (χ1) is 11.0. The van der Waals surface area contributed by atoms with Gasteiger partial charge in [0.05, 0.1) is 10.6 Å². The van der Waals surface area contributed by atoms with E-state index in [1.54, 1.807) is 23.1 Å². The van der Waals surface area contributed by atoms with Gasteiger partial charge in [-0.05, 0) is 26.9 Å². The molecule has 1 aromatic heterocycles. The van der Waals surface area contributed by atoms with E-state index in [0.717, 1.165) is 47.8 Å². The fourth-order valence-electron chi connectivity index (χ4n) is 1.88. The molecule has 1 aliphatic carbocycles. The molecule has 0 saturated heterocycles. The third-order valence-electron chi connectivity index (χ3n) is 3.03. The van der Waals surface area contributed by atoms with Gasteiger partial charge in [0.25, 0.3) is 6.20 Å². The van der Waals surface area contributed by atoms with Crippen molar-refractivity contribution in [2.24, 2.45) is 0 Å². The topological polar surface area (TPSA) is 83.3 Å². The molecule has 9 heteroatoms. The fourth-order valence-corrected chi connectivity index (χ4v) is 3.64. The molecule has 0 aromatic carbocycles. The van der Waals surface area contributed by atoms with Crippen molar-refractivity contribution in [1.29, 1.82) is 0 Å². The summed E-state index contributed by atoms with van der Waals surface area (Å²) in [6, 6.07) is 0.395. The average molecular weight is 358 g/mol. The Kier molecular flexibility index (Phi) is 7.13. The normalized spacial score (nSPS) is 15.0. The Labute approximate surface area is 144 Å². The summed E-state index contributed by atoms with van der Waals surface area (Å²) in [6.45, 7) is 1.57. The van der Waals surface area contributed by atoms with Crippen LogP contribution in [0.5, 0.6) is 0 Å². The molecule has 2 rings (SSSR count). The Morgan fingerprint density at radius 2 is 2.39 bits per heavy atom. The molecular formula is C14H23N5O2S2. The van der Waals surface area contributed by atoms with Crippen LogP contribution in [0, 0.1) is 10.1 Å². The Hall–Kier alpha value is -1.32. The fraction of sp³-hybridized carbons (Fsp3) is 0.643. The summed E-state index contributed by atoms with van der Waals surface area (Å²) in [5, 5.41) is 20.1. The number of thiazole rings is 1. The van der Waals surface area contributed by atoms with Gasteiger partial charge in [-0.3, -0.25) is 10.1 Å². The lowest BCUT2D eigenvalue weighted by Crippen LogP contribution is -2.30. The number of nitrogens with one attached hydrogen (secondary N) is 2. The molecular weight excluding hydrogens is 334 g/mol. The van der Waals surface area contributed by atoms with Crippen LogP contribution in [0.2, 0.25) is 0 Å². The Balaban J connectivity index is 1.64. The lowest BCUT2D eigenvalue weighted by atomic mass is 10.5. The van der Waals surface area contributed by atoms with Crippen LogP contribution in [-0.4, -0.2) is 47.2 Å². The minimum Gasteiger partial charge on any atom is -0.366 e. The van der Waals surface area contributed by atoms with Crippen molar-refractivity contribution in [3.05, 3.63) is 38.2 Å². The Morgan fingerprint density at radius 3 is 3.04 bits per heavy atom. The highest BCUT2D eigenvalue weighted by atomic mass is 32.2. The first-order valence-electron chi connectivity index (χ1n) is 7.54. The number of nitrogens with zero attached hydrogens (tertiary/aromatic N) is 3. The predicted molar refractivity (Wildman–Crippen MR) is 94.9 cm³/mol. The van der Waals surface area contributed by atoms with Gasteiger partial charge < -0.3 is 15.5 Å². The maximum atomic E-state index is 10.6. The highest BCUT2D eigenvalue weighted by molar-refractivity contribution is 7.98. The molecule has 0 bridgehead atoms. The molecule has 1 heterocycles. The van der Waals surface area contributed by atoms with Gasteiger partial charge in [-0.1, -0.05) is 0 Å². The third kappa shape index (κ3) is 7.67. The zero-order chi connectivity index (χ0) is 16.7. The smallest absolute Gasteiger partial charge is 0.274 e. The van der Waals surface area contributed by atoms with E-state index in [9.17, 15) is 10.1 Å². The summed E-state index contributed by atoms with van der Waals surface area (Å²) in [6.07, 6.45) is 3.19. The molecule has 0 aliphatic heterocycles. The Morgan fingerprint density at radius 1 is 1.61 bits per heavy atom. The molecule has 128 valence electrons. The molecule has 23 heavy (non-hydrogen) atoms. The highest BCUT2D eigenvalue weighted by Crippen LogP contribution is 2.20. The predicted octanol–water partition coefficient (Wildman–Crippen LogP) is 1.86. The summed E-state index contributed by atoms with van der Waals surface area (Å²) >= 11 is 3.47. The SMILES string of the molecule is CN(C)Cc1nc(CSCCNC(=C[N+](=O)[O-])NC2CC2)cs1. The molecule has 0 unspecified atom stereocenters. The van der Waals surface area contributed by atoms with Gasteiger partial charge in [-0.15, -0.1) is 11.3 Å². The molecule has 1 aliphatic rings. The summed E-state index contributed by atoms with van der Waals surface area (Å²) in [5.74, 6) is 2.26. The molecule has 7 nitrogen and oxygen atoms in total. The quantitative estimate of drug-likeness (QED) is 0.355. The van der Waals surface area contributed by atoms with Gasteiger partial charge in [-0.2, -0.15) is 11.8 Å². The summed E-state index contributed by atoms with van der Waals surface area (Å²) in [4.78, 5) is 16.9. The van der Waals surface area contributed by atoms with Crippen molar-refractivity contribution in [3.8, 4) is 0 Å².